The van der Waals surface area contributed by atoms with E-state index >= 15 is 0 Å². The number of rotatable bonds is 4. The molecular weight excluding hydrogens is 270 g/mol. The Bertz CT molecular complexity index is 555. The second kappa shape index (κ2) is 5.96. The van der Waals surface area contributed by atoms with Gasteiger partial charge in [0.2, 0.25) is 0 Å². The van der Waals surface area contributed by atoms with Crippen LogP contribution >= 0.6 is 11.6 Å². The molecule has 0 saturated heterocycles. The van der Waals surface area contributed by atoms with Crippen LogP contribution in [0.1, 0.15) is 39.3 Å². The van der Waals surface area contributed by atoms with Gasteiger partial charge in [0.25, 0.3) is 0 Å². The lowest BCUT2D eigenvalue weighted by Crippen LogP contribution is -2.21. The molecule has 0 radical (unpaired) electrons. The molecule has 0 aliphatic rings. The van der Waals surface area contributed by atoms with Gasteiger partial charge >= 0.3 is 0 Å². The molecular formula is C16H22ClN3. The van der Waals surface area contributed by atoms with E-state index in [1.807, 2.05) is 18.2 Å². The van der Waals surface area contributed by atoms with Crippen LogP contribution in [-0.2, 0) is 12.3 Å². The maximum atomic E-state index is 6.00. The molecule has 1 aromatic carbocycles. The summed E-state index contributed by atoms with van der Waals surface area (Å²) >= 11 is 6.00. The molecule has 0 fully saturated rings. The van der Waals surface area contributed by atoms with Crippen molar-refractivity contribution in [3.05, 3.63) is 42.0 Å². The predicted molar refractivity (Wildman–Crippen MR) is 83.2 cm³/mol. The van der Waals surface area contributed by atoms with E-state index in [1.54, 1.807) is 0 Å². The lowest BCUT2D eigenvalue weighted by atomic mass is 9.80. The first-order valence-corrected chi connectivity index (χ1v) is 7.51. The van der Waals surface area contributed by atoms with Crippen molar-refractivity contribution < 1.29 is 0 Å². The van der Waals surface area contributed by atoms with Crippen LogP contribution in [0.3, 0.4) is 0 Å². The van der Waals surface area contributed by atoms with E-state index < -0.39 is 0 Å². The number of halogens is 1. The molecule has 3 nitrogen and oxygen atoms in total. The highest BCUT2D eigenvalue weighted by Gasteiger charge is 2.23. The van der Waals surface area contributed by atoms with Gasteiger partial charge in [-0.2, -0.15) is 0 Å². The van der Waals surface area contributed by atoms with Crippen molar-refractivity contribution >= 4 is 11.6 Å². The van der Waals surface area contributed by atoms with Gasteiger partial charge < -0.3 is 0 Å². The summed E-state index contributed by atoms with van der Waals surface area (Å²) in [4.78, 5) is 0. The van der Waals surface area contributed by atoms with Crippen LogP contribution < -0.4 is 0 Å². The molecule has 4 heteroatoms. The van der Waals surface area contributed by atoms with Crippen molar-refractivity contribution in [1.82, 2.24) is 14.8 Å². The van der Waals surface area contributed by atoms with Gasteiger partial charge in [-0.1, -0.05) is 45.9 Å². The van der Waals surface area contributed by atoms with Crippen LogP contribution in [0.5, 0.6) is 0 Å². The zero-order valence-corrected chi connectivity index (χ0v) is 13.4. The quantitative estimate of drug-likeness (QED) is 0.789. The van der Waals surface area contributed by atoms with Crippen LogP contribution in [0.15, 0.2) is 30.3 Å². The lowest BCUT2D eigenvalue weighted by molar-refractivity contribution is 0.256. The number of alkyl halides is 1. The summed E-state index contributed by atoms with van der Waals surface area (Å²) in [6.07, 6.45) is 0.891. The van der Waals surface area contributed by atoms with Gasteiger partial charge in [-0.15, -0.1) is 21.8 Å². The molecule has 1 heterocycles. The smallest absolute Gasteiger partial charge is 0.152 e. The fourth-order valence-corrected chi connectivity index (χ4v) is 2.20. The minimum Gasteiger partial charge on any atom is -0.282 e. The first-order chi connectivity index (χ1) is 9.43. The Balaban J connectivity index is 2.38. The van der Waals surface area contributed by atoms with Crippen molar-refractivity contribution in [3.8, 4) is 5.69 Å². The molecule has 2 aromatic rings. The summed E-state index contributed by atoms with van der Waals surface area (Å²) in [5.41, 5.74) is 1.32. The third-order valence-electron chi connectivity index (χ3n) is 3.90. The highest BCUT2D eigenvalue weighted by Crippen LogP contribution is 2.29. The van der Waals surface area contributed by atoms with Gasteiger partial charge in [-0.25, -0.2) is 0 Å². The Morgan fingerprint density at radius 3 is 2.25 bits per heavy atom. The van der Waals surface area contributed by atoms with Crippen molar-refractivity contribution in [1.29, 1.82) is 0 Å². The van der Waals surface area contributed by atoms with E-state index in [1.165, 1.54) is 0 Å². The number of para-hydroxylation sites is 1. The summed E-state index contributed by atoms with van der Waals surface area (Å²) in [5, 5.41) is 8.57. The molecule has 1 unspecified atom stereocenters. The number of hydrogen-bond donors (Lipinski definition) is 0. The largest absolute Gasteiger partial charge is 0.282 e. The van der Waals surface area contributed by atoms with E-state index in [9.17, 15) is 0 Å². The maximum absolute atomic E-state index is 6.00. The van der Waals surface area contributed by atoms with E-state index in [0.29, 0.717) is 11.8 Å². The summed E-state index contributed by atoms with van der Waals surface area (Å²) in [5.74, 6) is 2.66. The van der Waals surface area contributed by atoms with Gasteiger partial charge in [0.05, 0.1) is 5.88 Å². The standard InChI is InChI=1S/C16H22ClN3/c1-12(16(2,3)4)10-14-18-19-15(11-17)20(14)13-8-6-5-7-9-13/h5-9,12H,10-11H2,1-4H3. The first kappa shape index (κ1) is 15.0. The fraction of sp³-hybridized carbons (Fsp3) is 0.500. The number of nitrogens with zero attached hydrogens (tertiary/aromatic N) is 3. The molecule has 0 bridgehead atoms. The van der Waals surface area contributed by atoms with Crippen LogP contribution in [-0.4, -0.2) is 14.8 Å². The zero-order valence-electron chi connectivity index (χ0n) is 12.6. The van der Waals surface area contributed by atoms with E-state index in [2.05, 4.69) is 54.6 Å². The maximum Gasteiger partial charge on any atom is 0.152 e. The van der Waals surface area contributed by atoms with Gasteiger partial charge in [0.15, 0.2) is 5.82 Å². The van der Waals surface area contributed by atoms with E-state index in [0.717, 1.165) is 23.8 Å². The van der Waals surface area contributed by atoms with E-state index in [4.69, 9.17) is 11.6 Å². The molecule has 0 aliphatic heterocycles. The molecule has 0 N–H and O–H groups in total. The molecule has 1 aromatic heterocycles. The summed E-state index contributed by atoms with van der Waals surface area (Å²) in [6.45, 7) is 9.01. The van der Waals surface area contributed by atoms with Gasteiger partial charge in [-0.05, 0) is 23.5 Å². The van der Waals surface area contributed by atoms with Crippen LogP contribution in [0.25, 0.3) is 5.69 Å². The second-order valence-corrected chi connectivity index (χ2v) is 6.58. The number of benzene rings is 1. The zero-order chi connectivity index (χ0) is 14.8. The monoisotopic (exact) mass is 291 g/mol. The second-order valence-electron chi connectivity index (χ2n) is 6.31. The van der Waals surface area contributed by atoms with E-state index in [-0.39, 0.29) is 5.41 Å². The van der Waals surface area contributed by atoms with Gasteiger partial charge in [-0.3, -0.25) is 4.57 Å². The third-order valence-corrected chi connectivity index (χ3v) is 4.14. The highest BCUT2D eigenvalue weighted by molar-refractivity contribution is 6.16. The Morgan fingerprint density at radius 1 is 1.10 bits per heavy atom. The molecule has 108 valence electrons. The van der Waals surface area contributed by atoms with Crippen molar-refractivity contribution in [3.63, 3.8) is 0 Å². The molecule has 0 amide bonds. The average Bonchev–Trinajstić information content (AvgIpc) is 2.81. The predicted octanol–water partition coefficient (Wildman–Crippen LogP) is 4.23. The Morgan fingerprint density at radius 2 is 1.70 bits per heavy atom. The summed E-state index contributed by atoms with van der Waals surface area (Å²) in [6, 6.07) is 10.2. The van der Waals surface area contributed by atoms with Gasteiger partial charge in [0.1, 0.15) is 5.82 Å². The Hall–Kier alpha value is -1.35. The summed E-state index contributed by atoms with van der Waals surface area (Å²) < 4.78 is 2.08. The third kappa shape index (κ3) is 3.21. The average molecular weight is 292 g/mol. The molecule has 0 spiro atoms. The van der Waals surface area contributed by atoms with Crippen molar-refractivity contribution in [2.24, 2.45) is 11.3 Å². The minimum absolute atomic E-state index is 0.245. The van der Waals surface area contributed by atoms with Crippen molar-refractivity contribution in [2.75, 3.05) is 0 Å². The minimum atomic E-state index is 0.245. The van der Waals surface area contributed by atoms with Crippen LogP contribution in [0.2, 0.25) is 0 Å². The fourth-order valence-electron chi connectivity index (χ4n) is 2.03. The highest BCUT2D eigenvalue weighted by atomic mass is 35.5. The lowest BCUT2D eigenvalue weighted by Gasteiger charge is -2.27. The van der Waals surface area contributed by atoms with Gasteiger partial charge in [0, 0.05) is 12.1 Å². The molecule has 0 saturated carbocycles. The van der Waals surface area contributed by atoms with Crippen LogP contribution in [0, 0.1) is 11.3 Å². The molecule has 20 heavy (non-hydrogen) atoms. The number of hydrogen-bond acceptors (Lipinski definition) is 2. The summed E-state index contributed by atoms with van der Waals surface area (Å²) in [7, 11) is 0. The molecule has 1 atom stereocenters. The number of aromatic nitrogens is 3. The Labute approximate surface area is 126 Å². The normalized spacial score (nSPS) is 13.4. The van der Waals surface area contributed by atoms with Crippen LogP contribution in [0.4, 0.5) is 0 Å². The SMILES string of the molecule is CC(Cc1nnc(CCl)n1-c1ccccc1)C(C)(C)C. The molecule has 2 rings (SSSR count). The Kier molecular flexibility index (Phi) is 4.48. The molecule has 0 aliphatic carbocycles. The van der Waals surface area contributed by atoms with Crippen molar-refractivity contribution in [2.45, 2.75) is 40.0 Å². The topological polar surface area (TPSA) is 30.7 Å². The first-order valence-electron chi connectivity index (χ1n) is 6.98.